The quantitative estimate of drug-likeness (QED) is 0.467. The highest BCUT2D eigenvalue weighted by Crippen LogP contribution is 2.32. The molecule has 2 aliphatic heterocycles. The van der Waals surface area contributed by atoms with Gasteiger partial charge in [0.2, 0.25) is 16.0 Å². The largest absolute Gasteiger partial charge is 0.366 e. The van der Waals surface area contributed by atoms with Crippen LogP contribution in [0.4, 0.5) is 21.8 Å². The molecule has 2 aromatic carbocycles. The number of sulfonamides is 1. The van der Waals surface area contributed by atoms with Gasteiger partial charge in [0.15, 0.2) is 0 Å². The Morgan fingerprint density at radius 3 is 2.32 bits per heavy atom. The maximum Gasteiger partial charge on any atom is 0.243 e. The van der Waals surface area contributed by atoms with Gasteiger partial charge in [-0.3, -0.25) is 0 Å². The van der Waals surface area contributed by atoms with Crippen molar-refractivity contribution in [1.29, 1.82) is 0 Å². The molecule has 1 aromatic heterocycles. The number of nitrogens with zero attached hydrogens (tertiary/aromatic N) is 6. The summed E-state index contributed by atoms with van der Waals surface area (Å²) in [5.41, 5.74) is 2.32. The van der Waals surface area contributed by atoms with Crippen molar-refractivity contribution in [2.45, 2.75) is 24.8 Å². The van der Waals surface area contributed by atoms with Crippen molar-refractivity contribution in [3.05, 3.63) is 70.6 Å². The molecule has 0 saturated carbocycles. The van der Waals surface area contributed by atoms with Crippen molar-refractivity contribution in [2.75, 3.05) is 61.0 Å². The third-order valence-corrected chi connectivity index (χ3v) is 9.15. The highest BCUT2D eigenvalue weighted by atomic mass is 35.5. The first kappa shape index (κ1) is 25.7. The van der Waals surface area contributed by atoms with E-state index in [1.165, 1.54) is 22.5 Å². The molecule has 0 aliphatic carbocycles. The number of fused-ring (bicyclic) bond motifs is 1. The Kier molecular flexibility index (Phi) is 7.24. The Bertz CT molecular complexity index is 1380. The maximum atomic E-state index is 14.3. The standard InChI is InChI=1S/C26H30ClFN6O2S/c1-3-31(2)25-21-18-34(37(35,36)20-10-8-19(27)9-11-20)13-12-23(21)29-26(30-25)33-16-14-32(15-17-33)24-7-5-4-6-22(24)28/h4-11H,3,12-18H2,1-2H3. The number of anilines is 3. The van der Waals surface area contributed by atoms with Crippen LogP contribution in [-0.4, -0.2) is 69.0 Å². The van der Waals surface area contributed by atoms with Crippen LogP contribution in [0.2, 0.25) is 5.02 Å². The molecule has 3 heterocycles. The normalized spacial score (nSPS) is 16.5. The molecule has 0 radical (unpaired) electrons. The topological polar surface area (TPSA) is 72.9 Å². The van der Waals surface area contributed by atoms with Crippen LogP contribution in [0.1, 0.15) is 18.2 Å². The van der Waals surface area contributed by atoms with Crippen molar-refractivity contribution in [1.82, 2.24) is 14.3 Å². The van der Waals surface area contributed by atoms with Crippen LogP contribution in [0, 0.1) is 5.82 Å². The zero-order valence-corrected chi connectivity index (χ0v) is 22.5. The Balaban J connectivity index is 1.39. The predicted molar refractivity (Wildman–Crippen MR) is 145 cm³/mol. The van der Waals surface area contributed by atoms with E-state index in [1.807, 2.05) is 29.8 Å². The van der Waals surface area contributed by atoms with Gasteiger partial charge in [0.05, 0.1) is 16.3 Å². The summed E-state index contributed by atoms with van der Waals surface area (Å²) in [6.07, 6.45) is 0.497. The van der Waals surface area contributed by atoms with E-state index in [0.717, 1.165) is 17.1 Å². The van der Waals surface area contributed by atoms with Gasteiger partial charge < -0.3 is 14.7 Å². The smallest absolute Gasteiger partial charge is 0.243 e. The molecular weight excluding hydrogens is 515 g/mol. The number of halogens is 2. The second-order valence-electron chi connectivity index (χ2n) is 9.25. The molecule has 0 spiro atoms. The SMILES string of the molecule is CCN(C)c1nc(N2CCN(c3ccccc3F)CC2)nc2c1CN(S(=O)(=O)c1ccc(Cl)cc1)CC2. The van der Waals surface area contributed by atoms with Gasteiger partial charge >= 0.3 is 0 Å². The highest BCUT2D eigenvalue weighted by molar-refractivity contribution is 7.89. The molecule has 37 heavy (non-hydrogen) atoms. The predicted octanol–water partition coefficient (Wildman–Crippen LogP) is 3.80. The Hall–Kier alpha value is -2.95. The van der Waals surface area contributed by atoms with Gasteiger partial charge in [0.25, 0.3) is 0 Å². The highest BCUT2D eigenvalue weighted by Gasteiger charge is 2.33. The Labute approximate surface area is 222 Å². The van der Waals surface area contributed by atoms with Crippen molar-refractivity contribution in [3.63, 3.8) is 0 Å². The fourth-order valence-corrected chi connectivity index (χ4v) is 6.32. The zero-order valence-electron chi connectivity index (χ0n) is 20.9. The van der Waals surface area contributed by atoms with Crippen molar-refractivity contribution < 1.29 is 12.8 Å². The summed E-state index contributed by atoms with van der Waals surface area (Å²) in [7, 11) is -1.73. The number of para-hydroxylation sites is 1. The van der Waals surface area contributed by atoms with Crippen molar-refractivity contribution >= 4 is 39.1 Å². The average molecular weight is 545 g/mol. The maximum absolute atomic E-state index is 14.3. The minimum atomic E-state index is -3.68. The molecule has 0 unspecified atom stereocenters. The van der Waals surface area contributed by atoms with E-state index >= 15 is 0 Å². The van der Waals surface area contributed by atoms with Crippen molar-refractivity contribution in [2.24, 2.45) is 0 Å². The van der Waals surface area contributed by atoms with Crippen LogP contribution >= 0.6 is 11.6 Å². The van der Waals surface area contributed by atoms with Gasteiger partial charge in [0.1, 0.15) is 11.6 Å². The molecule has 0 bridgehead atoms. The summed E-state index contributed by atoms with van der Waals surface area (Å²) < 4.78 is 42.4. The third kappa shape index (κ3) is 5.10. The number of rotatable bonds is 6. The number of piperazine rings is 1. The molecule has 0 atom stereocenters. The average Bonchev–Trinajstić information content (AvgIpc) is 2.92. The summed E-state index contributed by atoms with van der Waals surface area (Å²) in [6.45, 7) is 5.95. The van der Waals surface area contributed by atoms with E-state index in [0.29, 0.717) is 62.3 Å². The Morgan fingerprint density at radius 2 is 1.65 bits per heavy atom. The first-order valence-corrected chi connectivity index (χ1v) is 14.2. The van der Waals surface area contributed by atoms with E-state index < -0.39 is 10.0 Å². The zero-order chi connectivity index (χ0) is 26.2. The second-order valence-corrected chi connectivity index (χ2v) is 11.6. The fraction of sp³-hybridized carbons (Fsp3) is 0.385. The lowest BCUT2D eigenvalue weighted by atomic mass is 10.1. The molecule has 3 aromatic rings. The number of hydrogen-bond donors (Lipinski definition) is 0. The molecule has 0 amide bonds. The van der Waals surface area contributed by atoms with Crippen LogP contribution in [-0.2, 0) is 23.0 Å². The summed E-state index contributed by atoms with van der Waals surface area (Å²) in [6, 6.07) is 13.1. The van der Waals surface area contributed by atoms with Gasteiger partial charge in [-0.25, -0.2) is 17.8 Å². The molecule has 11 heteroatoms. The lowest BCUT2D eigenvalue weighted by Gasteiger charge is -2.37. The van der Waals surface area contributed by atoms with Crippen LogP contribution in [0.3, 0.4) is 0 Å². The molecule has 1 fully saturated rings. The van der Waals surface area contributed by atoms with Gasteiger partial charge in [-0.2, -0.15) is 9.29 Å². The monoisotopic (exact) mass is 544 g/mol. The minimum absolute atomic E-state index is 0.210. The van der Waals surface area contributed by atoms with E-state index in [9.17, 15) is 12.8 Å². The fourth-order valence-electron chi connectivity index (χ4n) is 4.78. The van der Waals surface area contributed by atoms with Crippen LogP contribution in [0.5, 0.6) is 0 Å². The Morgan fingerprint density at radius 1 is 0.973 bits per heavy atom. The van der Waals surface area contributed by atoms with Gasteiger partial charge in [-0.1, -0.05) is 23.7 Å². The number of hydrogen-bond acceptors (Lipinski definition) is 7. The van der Waals surface area contributed by atoms with Gasteiger partial charge in [0, 0.05) is 69.9 Å². The van der Waals surface area contributed by atoms with Crippen molar-refractivity contribution in [3.8, 4) is 0 Å². The molecule has 8 nitrogen and oxygen atoms in total. The summed E-state index contributed by atoms with van der Waals surface area (Å²) in [5.74, 6) is 1.16. The van der Waals surface area contributed by atoms with E-state index in [-0.39, 0.29) is 17.3 Å². The molecule has 196 valence electrons. The van der Waals surface area contributed by atoms with Gasteiger partial charge in [-0.05, 0) is 43.3 Å². The first-order chi connectivity index (χ1) is 17.8. The van der Waals surface area contributed by atoms with E-state index in [2.05, 4.69) is 4.90 Å². The first-order valence-electron chi connectivity index (χ1n) is 12.4. The lowest BCUT2D eigenvalue weighted by Crippen LogP contribution is -2.47. The van der Waals surface area contributed by atoms with E-state index in [1.54, 1.807) is 24.3 Å². The lowest BCUT2D eigenvalue weighted by molar-refractivity contribution is 0.387. The molecule has 5 rings (SSSR count). The van der Waals surface area contributed by atoms with E-state index in [4.69, 9.17) is 21.6 Å². The van der Waals surface area contributed by atoms with Crippen LogP contribution < -0.4 is 14.7 Å². The van der Waals surface area contributed by atoms with Crippen LogP contribution in [0.25, 0.3) is 0 Å². The summed E-state index contributed by atoms with van der Waals surface area (Å²) >= 11 is 5.96. The molecule has 1 saturated heterocycles. The van der Waals surface area contributed by atoms with Gasteiger partial charge in [-0.15, -0.1) is 0 Å². The molecular formula is C26H30ClFN6O2S. The number of benzene rings is 2. The molecule has 2 aliphatic rings. The minimum Gasteiger partial charge on any atom is -0.366 e. The number of aromatic nitrogens is 2. The van der Waals surface area contributed by atoms with Crippen LogP contribution in [0.15, 0.2) is 53.4 Å². The summed E-state index contributed by atoms with van der Waals surface area (Å²) in [5, 5.41) is 0.491. The third-order valence-electron chi connectivity index (χ3n) is 7.03. The molecule has 0 N–H and O–H groups in total. The second kappa shape index (κ2) is 10.4. The summed E-state index contributed by atoms with van der Waals surface area (Å²) in [4.78, 5) is 16.2.